The molecule has 1 atom stereocenters. The molecule has 0 aromatic carbocycles. The van der Waals surface area contributed by atoms with E-state index in [-0.39, 0.29) is 12.1 Å². The molecule has 0 aromatic rings. The molecule has 1 N–H and O–H groups in total. The Balaban J connectivity index is 2.19. The smallest absolute Gasteiger partial charge is 0.237 e. The Morgan fingerprint density at radius 3 is 2.88 bits per heavy atom. The molecule has 94 valence electrons. The second-order valence-electron chi connectivity index (χ2n) is 4.24. The van der Waals surface area contributed by atoms with Crippen LogP contribution < -0.4 is 5.32 Å². The molecule has 1 heterocycles. The molecule has 0 spiro atoms. The fourth-order valence-electron chi connectivity index (χ4n) is 1.91. The van der Waals surface area contributed by atoms with Crippen molar-refractivity contribution in [1.29, 1.82) is 0 Å². The van der Waals surface area contributed by atoms with Gasteiger partial charge in [0.2, 0.25) is 5.91 Å². The summed E-state index contributed by atoms with van der Waals surface area (Å²) in [6.45, 7) is 6.97. The zero-order chi connectivity index (χ0) is 11.8. The molecule has 16 heavy (non-hydrogen) atoms. The highest BCUT2D eigenvalue weighted by molar-refractivity contribution is 5.80. The largest absolute Gasteiger partial charge is 0.380 e. The summed E-state index contributed by atoms with van der Waals surface area (Å²) in [6.07, 6.45) is 4.61. The number of carbonyl (C=O) groups excluding carboxylic acids is 1. The van der Waals surface area contributed by atoms with Crippen molar-refractivity contribution in [2.45, 2.75) is 45.7 Å². The van der Waals surface area contributed by atoms with E-state index in [9.17, 15) is 4.79 Å². The molecule has 4 heteroatoms. The predicted octanol–water partition coefficient (Wildman–Crippen LogP) is 1.36. The van der Waals surface area contributed by atoms with Gasteiger partial charge in [-0.25, -0.2) is 0 Å². The van der Waals surface area contributed by atoms with E-state index in [1.165, 1.54) is 0 Å². The van der Waals surface area contributed by atoms with Crippen molar-refractivity contribution < 1.29 is 9.53 Å². The number of ether oxygens (including phenoxy) is 1. The maximum absolute atomic E-state index is 11.6. The SMILES string of the molecule is CCCCOCCN1C(=O)CNC1CCC. The van der Waals surface area contributed by atoms with Gasteiger partial charge < -0.3 is 9.64 Å². The molecule has 0 aliphatic carbocycles. The topological polar surface area (TPSA) is 41.6 Å². The first-order valence-electron chi connectivity index (χ1n) is 6.40. The molecular weight excluding hydrogens is 204 g/mol. The third kappa shape index (κ3) is 4.10. The maximum atomic E-state index is 11.6. The number of nitrogens with one attached hydrogen (secondary N) is 1. The van der Waals surface area contributed by atoms with Gasteiger partial charge in [0, 0.05) is 13.2 Å². The second-order valence-corrected chi connectivity index (χ2v) is 4.24. The molecule has 4 nitrogen and oxygen atoms in total. The minimum Gasteiger partial charge on any atom is -0.380 e. The average Bonchev–Trinajstić information content (AvgIpc) is 2.61. The highest BCUT2D eigenvalue weighted by Gasteiger charge is 2.28. The van der Waals surface area contributed by atoms with E-state index < -0.39 is 0 Å². The summed E-state index contributed by atoms with van der Waals surface area (Å²) in [7, 11) is 0. The minimum absolute atomic E-state index is 0.206. The van der Waals surface area contributed by atoms with E-state index in [1.807, 2.05) is 4.90 Å². The number of nitrogens with zero attached hydrogens (tertiary/aromatic N) is 1. The number of rotatable bonds is 8. The van der Waals surface area contributed by atoms with Crippen molar-refractivity contribution in [3.8, 4) is 0 Å². The summed E-state index contributed by atoms with van der Waals surface area (Å²) in [5.41, 5.74) is 0. The molecule has 1 unspecified atom stereocenters. The van der Waals surface area contributed by atoms with Crippen LogP contribution in [0, 0.1) is 0 Å². The van der Waals surface area contributed by atoms with Crippen LogP contribution in [0.1, 0.15) is 39.5 Å². The lowest BCUT2D eigenvalue weighted by Gasteiger charge is -2.23. The predicted molar refractivity (Wildman–Crippen MR) is 64.1 cm³/mol. The van der Waals surface area contributed by atoms with E-state index in [1.54, 1.807) is 0 Å². The van der Waals surface area contributed by atoms with Crippen LogP contribution in [0.2, 0.25) is 0 Å². The first kappa shape index (κ1) is 13.5. The third-order valence-electron chi connectivity index (χ3n) is 2.87. The van der Waals surface area contributed by atoms with Crippen molar-refractivity contribution in [3.05, 3.63) is 0 Å². The van der Waals surface area contributed by atoms with E-state index in [4.69, 9.17) is 4.74 Å². The van der Waals surface area contributed by atoms with Crippen LogP contribution in [-0.4, -0.2) is 43.3 Å². The van der Waals surface area contributed by atoms with E-state index in [0.717, 1.165) is 38.8 Å². The Kier molecular flexibility index (Phi) is 6.42. The number of hydrogen-bond acceptors (Lipinski definition) is 3. The van der Waals surface area contributed by atoms with Crippen LogP contribution in [-0.2, 0) is 9.53 Å². The molecule has 0 aromatic heterocycles. The lowest BCUT2D eigenvalue weighted by molar-refractivity contribution is -0.128. The highest BCUT2D eigenvalue weighted by Crippen LogP contribution is 2.09. The highest BCUT2D eigenvalue weighted by atomic mass is 16.5. The van der Waals surface area contributed by atoms with Gasteiger partial charge >= 0.3 is 0 Å². The second kappa shape index (κ2) is 7.63. The fourth-order valence-corrected chi connectivity index (χ4v) is 1.91. The number of unbranched alkanes of at least 4 members (excludes halogenated alkanes) is 1. The fraction of sp³-hybridized carbons (Fsp3) is 0.917. The average molecular weight is 228 g/mol. The molecule has 1 rings (SSSR count). The van der Waals surface area contributed by atoms with Gasteiger partial charge in [0.15, 0.2) is 0 Å². The summed E-state index contributed by atoms with van der Waals surface area (Å²) in [6, 6.07) is 0. The van der Waals surface area contributed by atoms with E-state index >= 15 is 0 Å². The van der Waals surface area contributed by atoms with Crippen LogP contribution in [0.4, 0.5) is 0 Å². The van der Waals surface area contributed by atoms with Gasteiger partial charge in [-0.05, 0) is 12.8 Å². The molecule has 1 amide bonds. The number of carbonyl (C=O) groups is 1. The molecule has 0 bridgehead atoms. The van der Waals surface area contributed by atoms with E-state index in [2.05, 4.69) is 19.2 Å². The van der Waals surface area contributed by atoms with Gasteiger partial charge in [0.1, 0.15) is 0 Å². The molecule has 1 fully saturated rings. The Bertz CT molecular complexity index is 209. The standard InChI is InChI=1S/C12H24N2O2/c1-3-5-8-16-9-7-14-11(6-4-2)13-10-12(14)15/h11,13H,3-10H2,1-2H3. The first-order valence-corrected chi connectivity index (χ1v) is 6.40. The number of amides is 1. The minimum atomic E-state index is 0.206. The third-order valence-corrected chi connectivity index (χ3v) is 2.87. The molecular formula is C12H24N2O2. The van der Waals surface area contributed by atoms with Crippen molar-refractivity contribution in [2.75, 3.05) is 26.3 Å². The summed E-state index contributed by atoms with van der Waals surface area (Å²) in [5.74, 6) is 0.206. The normalized spacial score (nSPS) is 20.8. The van der Waals surface area contributed by atoms with E-state index in [0.29, 0.717) is 13.2 Å². The Morgan fingerprint density at radius 2 is 2.19 bits per heavy atom. The summed E-state index contributed by atoms with van der Waals surface area (Å²) >= 11 is 0. The zero-order valence-electron chi connectivity index (χ0n) is 10.5. The zero-order valence-corrected chi connectivity index (χ0v) is 10.5. The lowest BCUT2D eigenvalue weighted by atomic mass is 10.2. The molecule has 1 aliphatic heterocycles. The van der Waals surface area contributed by atoms with Gasteiger partial charge in [-0.15, -0.1) is 0 Å². The van der Waals surface area contributed by atoms with Crippen LogP contribution >= 0.6 is 0 Å². The van der Waals surface area contributed by atoms with Gasteiger partial charge in [-0.3, -0.25) is 10.1 Å². The monoisotopic (exact) mass is 228 g/mol. The maximum Gasteiger partial charge on any atom is 0.237 e. The quantitative estimate of drug-likeness (QED) is 0.638. The Hall–Kier alpha value is -0.610. The summed E-state index contributed by atoms with van der Waals surface area (Å²) in [4.78, 5) is 13.5. The summed E-state index contributed by atoms with van der Waals surface area (Å²) in [5, 5.41) is 3.23. The van der Waals surface area contributed by atoms with Crippen LogP contribution in [0.15, 0.2) is 0 Å². The van der Waals surface area contributed by atoms with Gasteiger partial charge in [-0.1, -0.05) is 26.7 Å². The van der Waals surface area contributed by atoms with Crippen LogP contribution in [0.5, 0.6) is 0 Å². The van der Waals surface area contributed by atoms with Crippen molar-refractivity contribution in [2.24, 2.45) is 0 Å². The summed E-state index contributed by atoms with van der Waals surface area (Å²) < 4.78 is 5.49. The molecule has 0 saturated carbocycles. The van der Waals surface area contributed by atoms with Crippen molar-refractivity contribution in [1.82, 2.24) is 10.2 Å². The van der Waals surface area contributed by atoms with Crippen LogP contribution in [0.25, 0.3) is 0 Å². The molecule has 1 saturated heterocycles. The van der Waals surface area contributed by atoms with Gasteiger partial charge in [-0.2, -0.15) is 0 Å². The van der Waals surface area contributed by atoms with Gasteiger partial charge in [0.05, 0.1) is 19.3 Å². The lowest BCUT2D eigenvalue weighted by Crippen LogP contribution is -2.39. The Morgan fingerprint density at radius 1 is 1.38 bits per heavy atom. The first-order chi connectivity index (χ1) is 7.79. The van der Waals surface area contributed by atoms with Crippen molar-refractivity contribution in [3.63, 3.8) is 0 Å². The van der Waals surface area contributed by atoms with Crippen LogP contribution in [0.3, 0.4) is 0 Å². The Labute approximate surface area is 98.3 Å². The van der Waals surface area contributed by atoms with Crippen molar-refractivity contribution >= 4 is 5.91 Å². The molecule has 0 radical (unpaired) electrons. The number of hydrogen-bond donors (Lipinski definition) is 1. The molecule has 1 aliphatic rings. The van der Waals surface area contributed by atoms with Gasteiger partial charge in [0.25, 0.3) is 0 Å².